The maximum atomic E-state index is 5.85. The molecule has 3 heterocycles. The number of aromatic nitrogens is 2. The highest BCUT2D eigenvalue weighted by Gasteiger charge is 2.28. The Labute approximate surface area is 112 Å². The fourth-order valence-corrected chi connectivity index (χ4v) is 2.28. The van der Waals surface area contributed by atoms with E-state index in [0.717, 1.165) is 30.4 Å². The maximum absolute atomic E-state index is 5.85. The van der Waals surface area contributed by atoms with Crippen molar-refractivity contribution in [2.45, 2.75) is 19.4 Å². The highest BCUT2D eigenvalue weighted by Crippen LogP contribution is 2.28. The maximum Gasteiger partial charge on any atom is 0.226 e. The monoisotopic (exact) mass is 259 g/mol. The van der Waals surface area contributed by atoms with Crippen LogP contribution in [0.5, 0.6) is 0 Å². The smallest absolute Gasteiger partial charge is 0.226 e. The topological polar surface area (TPSA) is 51.4 Å². The van der Waals surface area contributed by atoms with Gasteiger partial charge in [-0.15, -0.1) is 0 Å². The van der Waals surface area contributed by atoms with Gasteiger partial charge in [-0.05, 0) is 18.2 Å². The minimum absolute atomic E-state index is 0.0523. The van der Waals surface area contributed by atoms with Crippen molar-refractivity contribution in [1.82, 2.24) is 9.97 Å². The second-order valence-corrected chi connectivity index (χ2v) is 4.49. The molecule has 0 aliphatic carbocycles. The molecule has 0 aromatic carbocycles. The molecule has 1 aliphatic heterocycles. The lowest BCUT2D eigenvalue weighted by Crippen LogP contribution is -2.40. The van der Waals surface area contributed by atoms with Crippen molar-refractivity contribution in [1.29, 1.82) is 0 Å². The summed E-state index contributed by atoms with van der Waals surface area (Å²) in [6, 6.07) is 5.92. The molecule has 0 bridgehead atoms. The quantitative estimate of drug-likeness (QED) is 0.846. The van der Waals surface area contributed by atoms with E-state index in [1.165, 1.54) is 0 Å². The van der Waals surface area contributed by atoms with Crippen LogP contribution in [0.1, 0.15) is 24.5 Å². The molecule has 0 N–H and O–H groups in total. The van der Waals surface area contributed by atoms with Crippen molar-refractivity contribution >= 4 is 5.95 Å². The molecule has 5 heteroatoms. The third-order valence-electron chi connectivity index (χ3n) is 3.30. The van der Waals surface area contributed by atoms with Gasteiger partial charge in [-0.2, -0.15) is 0 Å². The summed E-state index contributed by atoms with van der Waals surface area (Å²) in [6.07, 6.45) is 4.42. The molecule has 5 nitrogen and oxygen atoms in total. The van der Waals surface area contributed by atoms with E-state index in [0.29, 0.717) is 13.2 Å². The van der Waals surface area contributed by atoms with Gasteiger partial charge >= 0.3 is 0 Å². The van der Waals surface area contributed by atoms with Gasteiger partial charge in [0.15, 0.2) is 0 Å². The van der Waals surface area contributed by atoms with Gasteiger partial charge in [0.05, 0.1) is 13.2 Å². The highest BCUT2D eigenvalue weighted by molar-refractivity contribution is 5.34. The second kappa shape index (κ2) is 5.40. The summed E-state index contributed by atoms with van der Waals surface area (Å²) >= 11 is 0. The van der Waals surface area contributed by atoms with Gasteiger partial charge in [-0.1, -0.05) is 6.92 Å². The molecule has 0 spiro atoms. The standard InChI is InChI=1S/C14H17N3O2/c1-2-11-4-5-13(19-11)12-10-18-9-8-17(12)14-15-6-3-7-16-14/h3-7,12H,2,8-10H2,1H3/t12-/m1/s1. The van der Waals surface area contributed by atoms with Crippen molar-refractivity contribution in [2.24, 2.45) is 0 Å². The molecule has 1 aliphatic rings. The van der Waals surface area contributed by atoms with Crippen LogP contribution in [0.15, 0.2) is 35.0 Å². The first-order valence-corrected chi connectivity index (χ1v) is 6.58. The van der Waals surface area contributed by atoms with E-state index in [9.17, 15) is 0 Å². The van der Waals surface area contributed by atoms with Crippen LogP contribution in [0.4, 0.5) is 5.95 Å². The second-order valence-electron chi connectivity index (χ2n) is 4.49. The molecule has 1 atom stereocenters. The van der Waals surface area contributed by atoms with E-state index >= 15 is 0 Å². The molecule has 0 saturated carbocycles. The minimum atomic E-state index is 0.0523. The van der Waals surface area contributed by atoms with Gasteiger partial charge < -0.3 is 14.1 Å². The van der Waals surface area contributed by atoms with Crippen LogP contribution in [-0.2, 0) is 11.2 Å². The third-order valence-corrected chi connectivity index (χ3v) is 3.30. The molecule has 2 aromatic heterocycles. The number of anilines is 1. The van der Waals surface area contributed by atoms with Gasteiger partial charge in [0.1, 0.15) is 17.6 Å². The van der Waals surface area contributed by atoms with Gasteiger partial charge in [0.2, 0.25) is 5.95 Å². The Morgan fingerprint density at radius 1 is 1.32 bits per heavy atom. The number of nitrogens with zero attached hydrogens (tertiary/aromatic N) is 3. The summed E-state index contributed by atoms with van der Waals surface area (Å²) in [5.74, 6) is 2.64. The fourth-order valence-electron chi connectivity index (χ4n) is 2.28. The summed E-state index contributed by atoms with van der Waals surface area (Å²) in [6.45, 7) is 4.15. The minimum Gasteiger partial charge on any atom is -0.464 e. The van der Waals surface area contributed by atoms with Crippen LogP contribution in [0.2, 0.25) is 0 Å². The third kappa shape index (κ3) is 2.46. The normalized spacial score (nSPS) is 19.6. The van der Waals surface area contributed by atoms with E-state index in [1.54, 1.807) is 12.4 Å². The van der Waals surface area contributed by atoms with Gasteiger partial charge in [-0.25, -0.2) is 9.97 Å². The van der Waals surface area contributed by atoms with Crippen LogP contribution < -0.4 is 4.90 Å². The van der Waals surface area contributed by atoms with E-state index in [4.69, 9.17) is 9.15 Å². The molecule has 19 heavy (non-hydrogen) atoms. The van der Waals surface area contributed by atoms with E-state index in [-0.39, 0.29) is 6.04 Å². The molecule has 0 radical (unpaired) electrons. The zero-order valence-corrected chi connectivity index (χ0v) is 11.0. The predicted octanol–water partition coefficient (Wildman–Crippen LogP) is 2.21. The lowest BCUT2D eigenvalue weighted by molar-refractivity contribution is 0.0864. The Hall–Kier alpha value is -1.88. The summed E-state index contributed by atoms with van der Waals surface area (Å²) in [4.78, 5) is 10.8. The summed E-state index contributed by atoms with van der Waals surface area (Å²) in [5.41, 5.74) is 0. The van der Waals surface area contributed by atoms with E-state index in [2.05, 4.69) is 21.8 Å². The number of rotatable bonds is 3. The Morgan fingerprint density at radius 2 is 2.16 bits per heavy atom. The molecule has 0 unspecified atom stereocenters. The first-order valence-electron chi connectivity index (χ1n) is 6.58. The van der Waals surface area contributed by atoms with Crippen LogP contribution in [0.3, 0.4) is 0 Å². The van der Waals surface area contributed by atoms with E-state index < -0.39 is 0 Å². The molecule has 100 valence electrons. The molecule has 2 aromatic rings. The first-order chi connectivity index (χ1) is 9.38. The molecule has 1 fully saturated rings. The molecular weight excluding hydrogens is 242 g/mol. The molecule has 1 saturated heterocycles. The van der Waals surface area contributed by atoms with Crippen molar-refractivity contribution in [3.05, 3.63) is 42.1 Å². The zero-order chi connectivity index (χ0) is 13.1. The average Bonchev–Trinajstić information content (AvgIpc) is 2.97. The summed E-state index contributed by atoms with van der Waals surface area (Å²) in [5, 5.41) is 0. The predicted molar refractivity (Wildman–Crippen MR) is 71.0 cm³/mol. The number of hydrogen-bond acceptors (Lipinski definition) is 5. The Bertz CT molecular complexity index is 526. The van der Waals surface area contributed by atoms with Gasteiger partial charge in [0, 0.05) is 25.4 Å². The zero-order valence-electron chi connectivity index (χ0n) is 11.0. The van der Waals surface area contributed by atoms with Gasteiger partial charge in [0.25, 0.3) is 0 Å². The van der Waals surface area contributed by atoms with Crippen molar-refractivity contribution < 1.29 is 9.15 Å². The van der Waals surface area contributed by atoms with Gasteiger partial charge in [-0.3, -0.25) is 0 Å². The van der Waals surface area contributed by atoms with Crippen molar-refractivity contribution in [3.63, 3.8) is 0 Å². The van der Waals surface area contributed by atoms with Crippen LogP contribution >= 0.6 is 0 Å². The average molecular weight is 259 g/mol. The van der Waals surface area contributed by atoms with Crippen LogP contribution in [0, 0.1) is 0 Å². The molecule has 0 amide bonds. The van der Waals surface area contributed by atoms with Crippen molar-refractivity contribution in [3.8, 4) is 0 Å². The summed E-state index contributed by atoms with van der Waals surface area (Å²) in [7, 11) is 0. The van der Waals surface area contributed by atoms with E-state index in [1.807, 2.05) is 18.2 Å². The number of ether oxygens (including phenoxy) is 1. The Kier molecular flexibility index (Phi) is 3.46. The number of aryl methyl sites for hydroxylation is 1. The first kappa shape index (κ1) is 12.2. The number of hydrogen-bond donors (Lipinski definition) is 0. The lowest BCUT2D eigenvalue weighted by atomic mass is 10.2. The Morgan fingerprint density at radius 3 is 2.89 bits per heavy atom. The highest BCUT2D eigenvalue weighted by atomic mass is 16.5. The lowest BCUT2D eigenvalue weighted by Gasteiger charge is -2.34. The SMILES string of the molecule is CCc1ccc([C@H]2COCCN2c2ncccn2)o1. The Balaban J connectivity index is 1.89. The molecular formula is C14H17N3O2. The van der Waals surface area contributed by atoms with Crippen LogP contribution in [0.25, 0.3) is 0 Å². The fraction of sp³-hybridized carbons (Fsp3) is 0.429. The molecule has 3 rings (SSSR count). The van der Waals surface area contributed by atoms with Crippen LogP contribution in [-0.4, -0.2) is 29.7 Å². The number of furan rings is 1. The summed E-state index contributed by atoms with van der Waals surface area (Å²) < 4.78 is 11.4. The van der Waals surface area contributed by atoms with Crippen molar-refractivity contribution in [2.75, 3.05) is 24.7 Å². The number of morpholine rings is 1. The largest absolute Gasteiger partial charge is 0.464 e.